The number of likely N-dealkylation sites (tertiary alicyclic amines) is 1. The van der Waals surface area contributed by atoms with Crippen LogP contribution in [-0.2, 0) is 0 Å². The molecule has 0 aliphatic carbocycles. The summed E-state index contributed by atoms with van der Waals surface area (Å²) in [5, 5.41) is 12.3. The lowest BCUT2D eigenvalue weighted by Gasteiger charge is -2.35. The summed E-state index contributed by atoms with van der Waals surface area (Å²) in [7, 11) is 0. The van der Waals surface area contributed by atoms with Gasteiger partial charge in [0.15, 0.2) is 0 Å². The van der Waals surface area contributed by atoms with Crippen molar-refractivity contribution in [2.45, 2.75) is 26.0 Å². The molecule has 0 bridgehead atoms. The van der Waals surface area contributed by atoms with Crippen LogP contribution in [-0.4, -0.2) is 46.1 Å². The third kappa shape index (κ3) is 2.74. The molecule has 5 nitrogen and oxygen atoms in total. The molecule has 5 heteroatoms. The van der Waals surface area contributed by atoms with Gasteiger partial charge in [0.25, 0.3) is 5.91 Å². The first-order valence-corrected chi connectivity index (χ1v) is 5.76. The van der Waals surface area contributed by atoms with Crippen molar-refractivity contribution in [3.8, 4) is 0 Å². The van der Waals surface area contributed by atoms with Crippen LogP contribution in [0, 0.1) is 0 Å². The summed E-state index contributed by atoms with van der Waals surface area (Å²) in [6, 6.07) is 3.89. The van der Waals surface area contributed by atoms with Crippen molar-refractivity contribution in [1.82, 2.24) is 9.88 Å². The van der Waals surface area contributed by atoms with Crippen molar-refractivity contribution in [3.63, 3.8) is 0 Å². The summed E-state index contributed by atoms with van der Waals surface area (Å²) in [6.45, 7) is 4.90. The van der Waals surface area contributed by atoms with Crippen molar-refractivity contribution in [2.75, 3.05) is 18.4 Å². The highest BCUT2D eigenvalue weighted by Gasteiger charge is 2.29. The van der Waals surface area contributed by atoms with Crippen molar-refractivity contribution >= 4 is 11.6 Å². The summed E-state index contributed by atoms with van der Waals surface area (Å²) >= 11 is 0. The van der Waals surface area contributed by atoms with E-state index < -0.39 is 0 Å². The van der Waals surface area contributed by atoms with E-state index in [1.54, 1.807) is 17.2 Å². The van der Waals surface area contributed by atoms with Crippen LogP contribution in [0.25, 0.3) is 0 Å². The van der Waals surface area contributed by atoms with Crippen molar-refractivity contribution in [2.24, 2.45) is 0 Å². The number of aromatic nitrogens is 1. The number of carbonyl (C=O) groups is 1. The number of hydrogen-bond donors (Lipinski definition) is 2. The van der Waals surface area contributed by atoms with Gasteiger partial charge in [-0.2, -0.15) is 0 Å². The van der Waals surface area contributed by atoms with Crippen LogP contribution < -0.4 is 5.32 Å². The van der Waals surface area contributed by atoms with Crippen molar-refractivity contribution in [1.29, 1.82) is 0 Å². The molecular weight excluding hydrogens is 218 g/mol. The molecule has 17 heavy (non-hydrogen) atoms. The van der Waals surface area contributed by atoms with Gasteiger partial charge in [-0.05, 0) is 26.0 Å². The number of nitrogens with one attached hydrogen (secondary N) is 1. The first-order chi connectivity index (χ1) is 8.06. The van der Waals surface area contributed by atoms with Crippen LogP contribution in [0.2, 0.25) is 0 Å². The maximum absolute atomic E-state index is 11.8. The minimum atomic E-state index is -0.374. The number of carbonyl (C=O) groups excluding carboxylic acids is 1. The number of nitrogens with zero attached hydrogens (tertiary/aromatic N) is 2. The zero-order chi connectivity index (χ0) is 12.4. The Balaban J connectivity index is 2.00. The van der Waals surface area contributed by atoms with E-state index in [-0.39, 0.29) is 12.0 Å². The van der Waals surface area contributed by atoms with Gasteiger partial charge >= 0.3 is 0 Å². The lowest BCUT2D eigenvalue weighted by atomic mass is 10.1. The van der Waals surface area contributed by atoms with E-state index in [9.17, 15) is 4.79 Å². The van der Waals surface area contributed by atoms with E-state index in [0.29, 0.717) is 24.8 Å². The zero-order valence-corrected chi connectivity index (χ0v) is 10.1. The third-order valence-corrected chi connectivity index (χ3v) is 2.59. The quantitative estimate of drug-likeness (QED) is 0.810. The van der Waals surface area contributed by atoms with Gasteiger partial charge in [0, 0.05) is 19.1 Å². The molecular formula is C12H17N3O2. The Labute approximate surface area is 100 Å². The molecule has 1 aromatic rings. The van der Waals surface area contributed by atoms with Gasteiger partial charge in [0.2, 0.25) is 0 Å². The van der Waals surface area contributed by atoms with Crippen LogP contribution in [0.1, 0.15) is 24.3 Å². The van der Waals surface area contributed by atoms with Gasteiger partial charge in [-0.1, -0.05) is 0 Å². The topological polar surface area (TPSA) is 65.5 Å². The smallest absolute Gasteiger partial charge is 0.272 e. The van der Waals surface area contributed by atoms with Gasteiger partial charge in [-0.3, -0.25) is 4.79 Å². The van der Waals surface area contributed by atoms with Crippen molar-refractivity contribution < 1.29 is 9.90 Å². The number of aliphatic hydroxyl groups is 1. The van der Waals surface area contributed by atoms with Crippen LogP contribution in [0.5, 0.6) is 0 Å². The normalized spacial score (nSPS) is 15.9. The van der Waals surface area contributed by atoms with Crippen LogP contribution in [0.4, 0.5) is 5.69 Å². The summed E-state index contributed by atoms with van der Waals surface area (Å²) in [5.41, 5.74) is 1.33. The van der Waals surface area contributed by atoms with E-state index in [2.05, 4.69) is 10.3 Å². The van der Waals surface area contributed by atoms with E-state index in [4.69, 9.17) is 5.11 Å². The minimum Gasteiger partial charge on any atom is -0.389 e. The average Bonchev–Trinajstić information content (AvgIpc) is 2.24. The molecule has 0 aromatic carbocycles. The van der Waals surface area contributed by atoms with E-state index in [1.165, 1.54) is 0 Å². The Kier molecular flexibility index (Phi) is 3.28. The van der Waals surface area contributed by atoms with Crippen LogP contribution in [0.15, 0.2) is 18.3 Å². The van der Waals surface area contributed by atoms with Gasteiger partial charge in [-0.25, -0.2) is 4.98 Å². The molecule has 0 radical (unpaired) electrons. The monoisotopic (exact) mass is 235 g/mol. The largest absolute Gasteiger partial charge is 0.389 e. The van der Waals surface area contributed by atoms with Crippen LogP contribution >= 0.6 is 0 Å². The van der Waals surface area contributed by atoms with E-state index >= 15 is 0 Å². The van der Waals surface area contributed by atoms with E-state index in [1.807, 2.05) is 19.9 Å². The lowest BCUT2D eigenvalue weighted by Crippen LogP contribution is -2.53. The minimum absolute atomic E-state index is 0.119. The fourth-order valence-corrected chi connectivity index (χ4v) is 1.72. The highest BCUT2D eigenvalue weighted by Crippen LogP contribution is 2.13. The maximum Gasteiger partial charge on any atom is 0.272 e. The predicted molar refractivity (Wildman–Crippen MR) is 64.9 cm³/mol. The highest BCUT2D eigenvalue weighted by atomic mass is 16.3. The Morgan fingerprint density at radius 1 is 1.53 bits per heavy atom. The molecule has 2 heterocycles. The van der Waals surface area contributed by atoms with Gasteiger partial charge in [0.1, 0.15) is 5.69 Å². The van der Waals surface area contributed by atoms with Crippen LogP contribution in [0.3, 0.4) is 0 Å². The number of rotatable bonds is 3. The number of anilines is 1. The first kappa shape index (κ1) is 11.9. The molecule has 0 spiro atoms. The molecule has 1 aromatic heterocycles. The molecule has 92 valence electrons. The summed E-state index contributed by atoms with van der Waals surface area (Å²) in [4.78, 5) is 17.5. The molecule has 1 saturated heterocycles. The Hall–Kier alpha value is -1.62. The summed E-state index contributed by atoms with van der Waals surface area (Å²) < 4.78 is 0. The fourth-order valence-electron chi connectivity index (χ4n) is 1.72. The van der Waals surface area contributed by atoms with E-state index in [0.717, 1.165) is 5.69 Å². The zero-order valence-electron chi connectivity index (χ0n) is 10.1. The van der Waals surface area contributed by atoms with Gasteiger partial charge in [-0.15, -0.1) is 0 Å². The molecule has 0 saturated carbocycles. The number of pyridine rings is 1. The number of β-amino-alcohol motifs (C(OH)–C–C–N with tert-alkyl or cyclic N) is 1. The molecule has 0 unspecified atom stereocenters. The second-order valence-electron chi connectivity index (χ2n) is 4.60. The molecule has 0 atom stereocenters. The Morgan fingerprint density at radius 2 is 2.24 bits per heavy atom. The Bertz CT molecular complexity index is 397. The SMILES string of the molecule is CC(C)Nc1ccc(C(=O)N2CC(O)C2)nc1. The second kappa shape index (κ2) is 4.71. The van der Waals surface area contributed by atoms with Gasteiger partial charge < -0.3 is 15.3 Å². The number of hydrogen-bond acceptors (Lipinski definition) is 4. The lowest BCUT2D eigenvalue weighted by molar-refractivity contribution is 0.00551. The number of amides is 1. The molecule has 1 fully saturated rings. The molecule has 1 aliphatic heterocycles. The molecule has 2 N–H and O–H groups in total. The third-order valence-electron chi connectivity index (χ3n) is 2.59. The molecule has 1 amide bonds. The average molecular weight is 235 g/mol. The number of aliphatic hydroxyl groups excluding tert-OH is 1. The molecule has 1 aliphatic rings. The molecule has 2 rings (SSSR count). The fraction of sp³-hybridized carbons (Fsp3) is 0.500. The first-order valence-electron chi connectivity index (χ1n) is 5.76. The maximum atomic E-state index is 11.8. The standard InChI is InChI=1S/C12H17N3O2/c1-8(2)14-9-3-4-11(13-5-9)12(17)15-6-10(16)7-15/h3-5,8,10,14,16H,6-7H2,1-2H3. The second-order valence-corrected chi connectivity index (χ2v) is 4.60. The summed E-state index contributed by atoms with van der Waals surface area (Å²) in [5.74, 6) is -0.119. The van der Waals surface area contributed by atoms with Crippen molar-refractivity contribution in [3.05, 3.63) is 24.0 Å². The Morgan fingerprint density at radius 3 is 2.71 bits per heavy atom. The predicted octanol–water partition coefficient (Wildman–Crippen LogP) is 0.719. The highest BCUT2D eigenvalue weighted by molar-refractivity contribution is 5.93. The summed E-state index contributed by atoms with van der Waals surface area (Å²) in [6.07, 6.45) is 1.28. The van der Waals surface area contributed by atoms with Gasteiger partial charge in [0.05, 0.1) is 18.0 Å².